The molecule has 2 fully saturated rings. The molecule has 1 unspecified atom stereocenters. The monoisotopic (exact) mass is 653 g/mol. The number of hydrogen-bond donors (Lipinski definition) is 5. The molecule has 0 bridgehead atoms. The lowest BCUT2D eigenvalue weighted by Gasteiger charge is -2.25. The average Bonchev–Trinajstić information content (AvgIpc) is 3.82. The number of benzene rings is 2. The van der Waals surface area contributed by atoms with Gasteiger partial charge in [0.05, 0.1) is 32.3 Å². The first-order chi connectivity index (χ1) is 21.9. The Morgan fingerprint density at radius 3 is 2.52 bits per heavy atom. The highest BCUT2D eigenvalue weighted by Gasteiger charge is 2.52. The molecule has 46 heavy (non-hydrogen) atoms. The number of halogens is 2. The van der Waals surface area contributed by atoms with E-state index in [9.17, 15) is 28.0 Å². The maximum atomic E-state index is 14.9. The topological polar surface area (TPSA) is 170 Å². The number of amidine groups is 1. The van der Waals surface area contributed by atoms with E-state index in [1.807, 2.05) is 5.32 Å². The summed E-state index contributed by atoms with van der Waals surface area (Å²) < 4.78 is 41.4. The van der Waals surface area contributed by atoms with Gasteiger partial charge in [0.15, 0.2) is 5.79 Å². The van der Waals surface area contributed by atoms with Crippen molar-refractivity contribution in [2.45, 2.75) is 37.1 Å². The standard InChI is InChI=1S/C31H29F2N5O7S/c1-16(24-11-18(14-46-24)26(34)37-29(42)43)36-28(41)23-12-30(44-8-9-45-30)15-38(23)25(39)13-35-27(40)17-6-7-22-20(10-17)19-4-2-3-5-21(19)31(22,32)33/h2-7,10-11,14,16,23H,8-9,12-13,15H2,1H3,(H2,34,37)(H,35,40)(H,36,41)(H,42,43)/t16?,23-/m0/s1. The van der Waals surface area contributed by atoms with Crippen molar-refractivity contribution in [1.29, 1.82) is 5.41 Å². The minimum absolute atomic E-state index is 0.0416. The van der Waals surface area contributed by atoms with Crippen molar-refractivity contribution in [1.82, 2.24) is 20.9 Å². The van der Waals surface area contributed by atoms with Gasteiger partial charge in [0, 0.05) is 38.9 Å². The van der Waals surface area contributed by atoms with Crippen LogP contribution in [0, 0.1) is 5.41 Å². The summed E-state index contributed by atoms with van der Waals surface area (Å²) in [6.07, 6.45) is -1.30. The van der Waals surface area contributed by atoms with Gasteiger partial charge in [-0.15, -0.1) is 11.3 Å². The number of fused-ring (bicyclic) bond motifs is 3. The van der Waals surface area contributed by atoms with Crippen molar-refractivity contribution in [3.63, 3.8) is 0 Å². The minimum Gasteiger partial charge on any atom is -0.465 e. The Hall–Kier alpha value is -4.73. The van der Waals surface area contributed by atoms with Crippen molar-refractivity contribution < 1.29 is 42.5 Å². The van der Waals surface area contributed by atoms with E-state index in [0.717, 1.165) is 0 Å². The number of carbonyl (C=O) groups excluding carboxylic acids is 3. The van der Waals surface area contributed by atoms with Crippen LogP contribution in [-0.4, -0.2) is 77.8 Å². The van der Waals surface area contributed by atoms with Crippen LogP contribution < -0.4 is 16.0 Å². The molecule has 3 aromatic rings. The molecule has 3 heterocycles. The summed E-state index contributed by atoms with van der Waals surface area (Å²) in [5.74, 6) is -6.36. The second-order valence-electron chi connectivity index (χ2n) is 11.2. The molecule has 4 amide bonds. The van der Waals surface area contributed by atoms with Gasteiger partial charge in [-0.25, -0.2) is 4.79 Å². The first-order valence-electron chi connectivity index (χ1n) is 14.3. The molecule has 15 heteroatoms. The van der Waals surface area contributed by atoms with Crippen LogP contribution >= 0.6 is 11.3 Å². The summed E-state index contributed by atoms with van der Waals surface area (Å²) in [6.45, 7) is 1.79. The van der Waals surface area contributed by atoms with Crippen LogP contribution in [-0.2, 0) is 25.0 Å². The van der Waals surface area contributed by atoms with Crippen LogP contribution in [0.5, 0.6) is 0 Å². The fourth-order valence-electron chi connectivity index (χ4n) is 5.99. The van der Waals surface area contributed by atoms with Crippen molar-refractivity contribution in [3.8, 4) is 11.1 Å². The second-order valence-corrected chi connectivity index (χ2v) is 12.1. The third-order valence-corrected chi connectivity index (χ3v) is 9.35. The fraction of sp³-hybridized carbons (Fsp3) is 0.323. The highest BCUT2D eigenvalue weighted by atomic mass is 32.1. The van der Waals surface area contributed by atoms with Crippen LogP contribution in [0.15, 0.2) is 53.9 Å². The third kappa shape index (κ3) is 5.72. The predicted octanol–water partition coefficient (Wildman–Crippen LogP) is 3.41. The van der Waals surface area contributed by atoms with Crippen molar-refractivity contribution in [2.75, 3.05) is 26.3 Å². The quantitative estimate of drug-likeness (QED) is 0.192. The molecular formula is C31H29F2N5O7S. The normalized spacial score (nSPS) is 19.3. The van der Waals surface area contributed by atoms with Crippen molar-refractivity contribution in [2.24, 2.45) is 0 Å². The number of amides is 4. The molecule has 2 aliphatic heterocycles. The molecule has 2 atom stereocenters. The number of alkyl halides is 2. The average molecular weight is 654 g/mol. The first kappa shape index (κ1) is 31.3. The smallest absolute Gasteiger partial charge is 0.410 e. The van der Waals surface area contributed by atoms with Gasteiger partial charge < -0.3 is 30.1 Å². The Morgan fingerprint density at radius 1 is 1.07 bits per heavy atom. The number of carboxylic acid groups (broad SMARTS) is 1. The lowest BCUT2D eigenvalue weighted by Crippen LogP contribution is -2.49. The van der Waals surface area contributed by atoms with Crippen molar-refractivity contribution in [3.05, 3.63) is 81.0 Å². The van der Waals surface area contributed by atoms with Gasteiger partial charge >= 0.3 is 6.09 Å². The van der Waals surface area contributed by atoms with E-state index in [4.69, 9.17) is 20.0 Å². The number of nitrogens with one attached hydrogen (secondary N) is 4. The molecule has 0 radical (unpaired) electrons. The Morgan fingerprint density at radius 2 is 1.78 bits per heavy atom. The van der Waals surface area contributed by atoms with Gasteiger partial charge in [-0.3, -0.25) is 25.1 Å². The summed E-state index contributed by atoms with van der Waals surface area (Å²) in [5, 5.41) is 25.7. The van der Waals surface area contributed by atoms with E-state index in [1.165, 1.54) is 46.6 Å². The van der Waals surface area contributed by atoms with Crippen LogP contribution in [0.2, 0.25) is 0 Å². The zero-order chi connectivity index (χ0) is 32.8. The molecule has 2 saturated heterocycles. The number of hydrogen-bond acceptors (Lipinski definition) is 8. The molecule has 5 N–H and O–H groups in total. The highest BCUT2D eigenvalue weighted by Crippen LogP contribution is 2.51. The summed E-state index contributed by atoms with van der Waals surface area (Å²) in [4.78, 5) is 52.8. The fourth-order valence-corrected chi connectivity index (χ4v) is 6.90. The van der Waals surface area contributed by atoms with Gasteiger partial charge in [-0.1, -0.05) is 30.3 Å². The molecule has 12 nitrogen and oxygen atoms in total. The zero-order valence-corrected chi connectivity index (χ0v) is 25.2. The largest absolute Gasteiger partial charge is 0.465 e. The molecule has 240 valence electrons. The predicted molar refractivity (Wildman–Crippen MR) is 161 cm³/mol. The maximum absolute atomic E-state index is 14.9. The van der Waals surface area contributed by atoms with E-state index >= 15 is 0 Å². The maximum Gasteiger partial charge on any atom is 0.410 e. The molecule has 0 saturated carbocycles. The highest BCUT2D eigenvalue weighted by molar-refractivity contribution is 7.10. The van der Waals surface area contributed by atoms with Gasteiger partial charge in [-0.2, -0.15) is 8.78 Å². The van der Waals surface area contributed by atoms with E-state index in [0.29, 0.717) is 16.0 Å². The van der Waals surface area contributed by atoms with Gasteiger partial charge in [0.25, 0.3) is 11.8 Å². The zero-order valence-electron chi connectivity index (χ0n) is 24.4. The van der Waals surface area contributed by atoms with Crippen molar-refractivity contribution >= 4 is 41.0 Å². The Kier molecular flexibility index (Phi) is 8.08. The molecule has 6 rings (SSSR count). The Labute approximate surface area is 265 Å². The van der Waals surface area contributed by atoms with Gasteiger partial charge in [0.2, 0.25) is 11.8 Å². The first-order valence-corrected chi connectivity index (χ1v) is 15.2. The van der Waals surface area contributed by atoms with Crippen LogP contribution in [0.3, 0.4) is 0 Å². The summed E-state index contributed by atoms with van der Waals surface area (Å²) in [6, 6.07) is 10.0. The van der Waals surface area contributed by atoms with E-state index in [1.54, 1.807) is 30.5 Å². The number of carbonyl (C=O) groups is 4. The van der Waals surface area contributed by atoms with Gasteiger partial charge in [0.1, 0.15) is 11.9 Å². The van der Waals surface area contributed by atoms with E-state index in [-0.39, 0.29) is 54.3 Å². The third-order valence-electron chi connectivity index (χ3n) is 8.23. The Balaban J connectivity index is 1.13. The summed E-state index contributed by atoms with van der Waals surface area (Å²) >= 11 is 1.23. The van der Waals surface area contributed by atoms with E-state index < -0.39 is 54.2 Å². The molecular weight excluding hydrogens is 624 g/mol. The molecule has 1 aromatic heterocycles. The SMILES string of the molecule is CC(NC(=O)[C@@H]1CC2(CN1C(=O)CNC(=O)c1ccc3c(c1)-c1ccccc1C3(F)F)OCCO2)c1cc(C(=N)NC(=O)O)cs1. The van der Waals surface area contributed by atoms with E-state index in [2.05, 4.69) is 10.6 Å². The number of ether oxygens (including phenoxy) is 2. The van der Waals surface area contributed by atoms with Crippen LogP contribution in [0.25, 0.3) is 11.1 Å². The van der Waals surface area contributed by atoms with Gasteiger partial charge in [-0.05, 0) is 36.2 Å². The van der Waals surface area contributed by atoms with Crippen LogP contribution in [0.4, 0.5) is 13.6 Å². The lowest BCUT2D eigenvalue weighted by molar-refractivity contribution is -0.152. The number of likely N-dealkylation sites (tertiary alicyclic amines) is 1. The molecule has 3 aliphatic rings. The number of rotatable bonds is 7. The molecule has 1 aliphatic carbocycles. The van der Waals surface area contributed by atoms with Crippen LogP contribution in [0.1, 0.15) is 51.3 Å². The summed E-state index contributed by atoms with van der Waals surface area (Å²) in [5.41, 5.74) is 0.691. The number of nitrogens with zero attached hydrogens (tertiary/aromatic N) is 1. The lowest BCUT2D eigenvalue weighted by atomic mass is 10.0. The second kappa shape index (κ2) is 11.9. The molecule has 1 spiro atoms. The Bertz CT molecular complexity index is 1760. The summed E-state index contributed by atoms with van der Waals surface area (Å²) in [7, 11) is 0. The minimum atomic E-state index is -3.19. The number of thiophene rings is 1. The molecule has 2 aromatic carbocycles.